The summed E-state index contributed by atoms with van der Waals surface area (Å²) in [7, 11) is 0. The molecule has 6 nitrogen and oxygen atoms in total. The summed E-state index contributed by atoms with van der Waals surface area (Å²) in [5.74, 6) is 0.981. The van der Waals surface area contributed by atoms with Gasteiger partial charge in [-0.3, -0.25) is 9.59 Å². The van der Waals surface area contributed by atoms with E-state index in [1.807, 2.05) is 83.8 Å². The first kappa shape index (κ1) is 22.2. The number of ether oxygens (including phenoxy) is 1. The molecule has 174 valence electrons. The van der Waals surface area contributed by atoms with Crippen LogP contribution in [0.2, 0.25) is 0 Å². The van der Waals surface area contributed by atoms with Crippen molar-refractivity contribution in [2.45, 2.75) is 6.42 Å². The highest BCUT2D eigenvalue weighted by molar-refractivity contribution is 6.07. The number of anilines is 3. The number of nitrogens with zero attached hydrogens (tertiary/aromatic N) is 1. The summed E-state index contributed by atoms with van der Waals surface area (Å²) in [4.78, 5) is 27.6. The zero-order valence-corrected chi connectivity index (χ0v) is 19.1. The van der Waals surface area contributed by atoms with Crippen molar-refractivity contribution in [2.75, 3.05) is 28.6 Å². The SMILES string of the molecule is O=C(CNc1cccc(C(=O)N2CCc3ccccc32)c1)Nc1ccccc1Oc1ccccc1. The Morgan fingerprint density at radius 3 is 2.49 bits per heavy atom. The molecule has 35 heavy (non-hydrogen) atoms. The molecule has 0 saturated carbocycles. The molecule has 6 heteroatoms. The van der Waals surface area contributed by atoms with E-state index in [1.54, 1.807) is 18.2 Å². The molecule has 0 bridgehead atoms. The molecule has 1 heterocycles. The fraction of sp³-hybridized carbons (Fsp3) is 0.103. The second kappa shape index (κ2) is 10.1. The van der Waals surface area contributed by atoms with Crippen molar-refractivity contribution in [1.82, 2.24) is 0 Å². The van der Waals surface area contributed by atoms with E-state index in [9.17, 15) is 9.59 Å². The van der Waals surface area contributed by atoms with Crippen molar-refractivity contribution in [3.63, 3.8) is 0 Å². The normalized spacial score (nSPS) is 12.1. The Kier molecular flexibility index (Phi) is 6.44. The molecule has 1 aliphatic rings. The minimum absolute atomic E-state index is 0.0455. The number of benzene rings is 4. The standard InChI is InChI=1S/C29H25N3O3/c33-28(31-25-14-5-7-16-27(25)35-24-12-2-1-3-13-24)20-30-23-11-8-10-22(19-23)29(34)32-18-17-21-9-4-6-15-26(21)32/h1-16,19,30H,17-18,20H2,(H,31,33). The van der Waals surface area contributed by atoms with Gasteiger partial charge >= 0.3 is 0 Å². The molecule has 2 N–H and O–H groups in total. The van der Waals surface area contributed by atoms with Crippen LogP contribution in [0.25, 0.3) is 0 Å². The first-order chi connectivity index (χ1) is 17.2. The fourth-order valence-electron chi connectivity index (χ4n) is 4.12. The fourth-order valence-corrected chi connectivity index (χ4v) is 4.12. The summed E-state index contributed by atoms with van der Waals surface area (Å²) in [5, 5.41) is 6.01. The number of hydrogen-bond acceptors (Lipinski definition) is 4. The summed E-state index contributed by atoms with van der Waals surface area (Å²) in [5.41, 5.74) is 4.01. The molecule has 0 spiro atoms. The lowest BCUT2D eigenvalue weighted by Crippen LogP contribution is -2.29. The van der Waals surface area contributed by atoms with Crippen LogP contribution >= 0.6 is 0 Å². The van der Waals surface area contributed by atoms with Gasteiger partial charge in [-0.1, -0.05) is 54.6 Å². The average molecular weight is 464 g/mol. The summed E-state index contributed by atoms with van der Waals surface area (Å²) in [6.07, 6.45) is 0.857. The Balaban J connectivity index is 1.22. The third-order valence-electron chi connectivity index (χ3n) is 5.83. The number of carbonyl (C=O) groups excluding carboxylic acids is 2. The first-order valence-electron chi connectivity index (χ1n) is 11.5. The Morgan fingerprint density at radius 1 is 0.829 bits per heavy atom. The average Bonchev–Trinajstić information content (AvgIpc) is 3.33. The molecule has 4 aromatic rings. The Morgan fingerprint density at radius 2 is 1.60 bits per heavy atom. The lowest BCUT2D eigenvalue weighted by atomic mass is 10.1. The minimum atomic E-state index is -0.223. The second-order valence-electron chi connectivity index (χ2n) is 8.23. The van der Waals surface area contributed by atoms with Crippen LogP contribution in [0.4, 0.5) is 17.1 Å². The van der Waals surface area contributed by atoms with Crippen LogP contribution in [0, 0.1) is 0 Å². The van der Waals surface area contributed by atoms with Gasteiger partial charge < -0.3 is 20.3 Å². The number of para-hydroxylation sites is 4. The van der Waals surface area contributed by atoms with E-state index in [2.05, 4.69) is 16.7 Å². The van der Waals surface area contributed by atoms with Crippen LogP contribution in [0.5, 0.6) is 11.5 Å². The lowest BCUT2D eigenvalue weighted by Gasteiger charge is -2.18. The molecule has 0 aliphatic carbocycles. The predicted molar refractivity (Wildman–Crippen MR) is 138 cm³/mol. The largest absolute Gasteiger partial charge is 0.455 e. The molecular weight excluding hydrogens is 438 g/mol. The molecule has 0 saturated heterocycles. The molecule has 0 aromatic heterocycles. The number of fused-ring (bicyclic) bond motifs is 1. The van der Waals surface area contributed by atoms with Gasteiger partial charge in [0.2, 0.25) is 5.91 Å². The van der Waals surface area contributed by atoms with Crippen LogP contribution in [0.15, 0.2) is 103 Å². The third kappa shape index (κ3) is 5.17. The summed E-state index contributed by atoms with van der Waals surface area (Å²) in [6, 6.07) is 31.9. The topological polar surface area (TPSA) is 70.7 Å². The summed E-state index contributed by atoms with van der Waals surface area (Å²) >= 11 is 0. The predicted octanol–water partition coefficient (Wildman–Crippen LogP) is 5.73. The molecule has 5 rings (SSSR count). The van der Waals surface area contributed by atoms with Crippen molar-refractivity contribution in [3.05, 3.63) is 114 Å². The van der Waals surface area contributed by atoms with E-state index in [1.165, 1.54) is 5.56 Å². The van der Waals surface area contributed by atoms with Gasteiger partial charge in [0, 0.05) is 23.5 Å². The van der Waals surface area contributed by atoms with E-state index in [4.69, 9.17) is 4.74 Å². The highest BCUT2D eigenvalue weighted by Crippen LogP contribution is 2.30. The van der Waals surface area contributed by atoms with E-state index < -0.39 is 0 Å². The number of hydrogen-bond donors (Lipinski definition) is 2. The highest BCUT2D eigenvalue weighted by Gasteiger charge is 2.25. The van der Waals surface area contributed by atoms with Crippen molar-refractivity contribution in [3.8, 4) is 11.5 Å². The van der Waals surface area contributed by atoms with Gasteiger partial charge in [0.25, 0.3) is 5.91 Å². The van der Waals surface area contributed by atoms with Crippen LogP contribution in [0.3, 0.4) is 0 Å². The van der Waals surface area contributed by atoms with Gasteiger partial charge in [-0.05, 0) is 60.5 Å². The zero-order chi connectivity index (χ0) is 24.0. The Hall–Kier alpha value is -4.58. The van der Waals surface area contributed by atoms with Crippen LogP contribution in [-0.4, -0.2) is 24.9 Å². The minimum Gasteiger partial charge on any atom is -0.455 e. The molecule has 0 radical (unpaired) electrons. The number of carbonyl (C=O) groups is 2. The maximum absolute atomic E-state index is 13.1. The monoisotopic (exact) mass is 463 g/mol. The van der Waals surface area contributed by atoms with E-state index in [0.29, 0.717) is 35.0 Å². The summed E-state index contributed by atoms with van der Waals surface area (Å²) in [6.45, 7) is 0.715. The first-order valence-corrected chi connectivity index (χ1v) is 11.5. The van der Waals surface area contributed by atoms with Crippen molar-refractivity contribution in [2.24, 2.45) is 0 Å². The van der Waals surface area contributed by atoms with Gasteiger partial charge in [-0.25, -0.2) is 0 Å². The molecular formula is C29H25N3O3. The number of rotatable bonds is 7. The second-order valence-corrected chi connectivity index (χ2v) is 8.23. The van der Waals surface area contributed by atoms with Gasteiger partial charge in [-0.2, -0.15) is 0 Å². The number of nitrogens with one attached hydrogen (secondary N) is 2. The van der Waals surface area contributed by atoms with E-state index in [-0.39, 0.29) is 18.4 Å². The summed E-state index contributed by atoms with van der Waals surface area (Å²) < 4.78 is 5.91. The Labute approximate surface area is 204 Å². The highest BCUT2D eigenvalue weighted by atomic mass is 16.5. The molecule has 1 aliphatic heterocycles. The molecule has 0 unspecified atom stereocenters. The van der Waals surface area contributed by atoms with E-state index >= 15 is 0 Å². The quantitative estimate of drug-likeness (QED) is 0.367. The van der Waals surface area contributed by atoms with Crippen LogP contribution in [-0.2, 0) is 11.2 Å². The van der Waals surface area contributed by atoms with Gasteiger partial charge in [-0.15, -0.1) is 0 Å². The zero-order valence-electron chi connectivity index (χ0n) is 19.1. The molecule has 2 amide bonds. The molecule has 0 fully saturated rings. The smallest absolute Gasteiger partial charge is 0.258 e. The van der Waals surface area contributed by atoms with Gasteiger partial charge in [0.1, 0.15) is 5.75 Å². The maximum atomic E-state index is 13.1. The number of amides is 2. The third-order valence-corrected chi connectivity index (χ3v) is 5.83. The van der Waals surface area contributed by atoms with Gasteiger partial charge in [0.05, 0.1) is 12.2 Å². The van der Waals surface area contributed by atoms with E-state index in [0.717, 1.165) is 12.1 Å². The van der Waals surface area contributed by atoms with Crippen LogP contribution < -0.4 is 20.3 Å². The lowest BCUT2D eigenvalue weighted by molar-refractivity contribution is -0.114. The molecule has 4 aromatic carbocycles. The van der Waals surface area contributed by atoms with Crippen LogP contribution in [0.1, 0.15) is 15.9 Å². The molecule has 0 atom stereocenters. The van der Waals surface area contributed by atoms with Crippen molar-refractivity contribution in [1.29, 1.82) is 0 Å². The van der Waals surface area contributed by atoms with Crippen molar-refractivity contribution < 1.29 is 14.3 Å². The Bertz CT molecular complexity index is 1350. The maximum Gasteiger partial charge on any atom is 0.258 e. The van der Waals surface area contributed by atoms with Crippen molar-refractivity contribution >= 4 is 28.9 Å². The van der Waals surface area contributed by atoms with Gasteiger partial charge in [0.15, 0.2) is 5.75 Å².